The van der Waals surface area contributed by atoms with E-state index in [-0.39, 0.29) is 5.84 Å². The third-order valence-electron chi connectivity index (χ3n) is 2.31. The Bertz CT molecular complexity index is 318. The molecule has 4 heteroatoms. The zero-order valence-electron chi connectivity index (χ0n) is 9.33. The highest BCUT2D eigenvalue weighted by molar-refractivity contribution is 5.93. The number of anilines is 1. The third kappa shape index (κ3) is 3.23. The first-order valence-electron chi connectivity index (χ1n) is 5.16. The van der Waals surface area contributed by atoms with Gasteiger partial charge in [-0.15, -0.1) is 0 Å². The highest BCUT2D eigenvalue weighted by Gasteiger charge is 2.02. The summed E-state index contributed by atoms with van der Waals surface area (Å²) in [5, 5.41) is 7.23. The van der Waals surface area contributed by atoms with Crippen LogP contribution in [-0.4, -0.2) is 24.4 Å². The van der Waals surface area contributed by atoms with Gasteiger partial charge in [0.15, 0.2) is 0 Å². The van der Waals surface area contributed by atoms with Crippen molar-refractivity contribution >= 4 is 11.5 Å². The smallest absolute Gasteiger partial charge is 0.141 e. The maximum Gasteiger partial charge on any atom is 0.141 e. The molecule has 0 fully saturated rings. The Balaban J connectivity index is 2.66. The largest absolute Gasteiger partial charge is 0.382 e. The average Bonchev–Trinajstić information content (AvgIpc) is 2.26. The summed E-state index contributed by atoms with van der Waals surface area (Å²) in [7, 11) is 2.04. The number of nitrogens with zero attached hydrogens (tertiary/aromatic N) is 2. The number of hydrogen-bond acceptors (Lipinski definition) is 3. The van der Waals surface area contributed by atoms with Crippen LogP contribution in [0.4, 0.5) is 5.69 Å². The molecule has 0 aliphatic carbocycles. The van der Waals surface area contributed by atoms with Gasteiger partial charge in [0.25, 0.3) is 0 Å². The van der Waals surface area contributed by atoms with Gasteiger partial charge in [0, 0.05) is 13.6 Å². The van der Waals surface area contributed by atoms with Gasteiger partial charge in [0.2, 0.25) is 0 Å². The van der Waals surface area contributed by atoms with Gasteiger partial charge < -0.3 is 10.6 Å². The van der Waals surface area contributed by atoms with Crippen molar-refractivity contribution in [3.05, 3.63) is 24.0 Å². The lowest BCUT2D eigenvalue weighted by atomic mass is 10.2. The molecule has 1 heterocycles. The molecule has 0 aliphatic heterocycles. The normalized spacial score (nSPS) is 10.0. The number of nitrogens with two attached hydrogens (primary N) is 1. The van der Waals surface area contributed by atoms with E-state index < -0.39 is 0 Å². The summed E-state index contributed by atoms with van der Waals surface area (Å²) in [5.74, 6) is 0.0118. The molecule has 1 aromatic rings. The number of unbranched alkanes of at least 4 members (excludes halogenated alkanes) is 1. The first kappa shape index (κ1) is 11.5. The zero-order valence-corrected chi connectivity index (χ0v) is 9.33. The molecule has 0 saturated heterocycles. The topological polar surface area (TPSA) is 66.0 Å². The minimum absolute atomic E-state index is 0.0118. The van der Waals surface area contributed by atoms with Gasteiger partial charge >= 0.3 is 0 Å². The van der Waals surface area contributed by atoms with E-state index in [1.807, 2.05) is 13.1 Å². The monoisotopic (exact) mass is 206 g/mol. The van der Waals surface area contributed by atoms with Crippen LogP contribution in [0.25, 0.3) is 0 Å². The minimum atomic E-state index is 0.0118. The maximum absolute atomic E-state index is 7.23. The summed E-state index contributed by atoms with van der Waals surface area (Å²) in [5.41, 5.74) is 6.92. The molecule has 82 valence electrons. The van der Waals surface area contributed by atoms with Crippen molar-refractivity contribution in [2.45, 2.75) is 19.8 Å². The van der Waals surface area contributed by atoms with Crippen molar-refractivity contribution in [3.63, 3.8) is 0 Å². The summed E-state index contributed by atoms with van der Waals surface area (Å²) >= 11 is 0. The minimum Gasteiger partial charge on any atom is -0.382 e. The number of pyridine rings is 1. The number of nitrogens with one attached hydrogen (secondary N) is 1. The average molecular weight is 206 g/mol. The zero-order chi connectivity index (χ0) is 11.3. The van der Waals surface area contributed by atoms with E-state index in [2.05, 4.69) is 16.8 Å². The molecule has 0 atom stereocenters. The van der Waals surface area contributed by atoms with Gasteiger partial charge in [-0.25, -0.2) is 0 Å². The van der Waals surface area contributed by atoms with Crippen LogP contribution in [-0.2, 0) is 0 Å². The van der Waals surface area contributed by atoms with Crippen LogP contribution in [0.5, 0.6) is 0 Å². The quantitative estimate of drug-likeness (QED) is 0.568. The van der Waals surface area contributed by atoms with Gasteiger partial charge in [-0.2, -0.15) is 0 Å². The number of hydrogen-bond donors (Lipinski definition) is 2. The summed E-state index contributed by atoms with van der Waals surface area (Å²) in [4.78, 5) is 6.27. The van der Waals surface area contributed by atoms with Gasteiger partial charge in [-0.05, 0) is 18.6 Å². The SMILES string of the molecule is CCCCN(C)c1ccc(C(=N)N)nc1. The Morgan fingerprint density at radius 2 is 2.27 bits per heavy atom. The van der Waals surface area contributed by atoms with E-state index in [4.69, 9.17) is 11.1 Å². The Hall–Kier alpha value is -1.58. The molecule has 1 rings (SSSR count). The highest BCUT2D eigenvalue weighted by Crippen LogP contribution is 2.11. The number of aromatic nitrogens is 1. The standard InChI is InChI=1S/C11H18N4/c1-3-4-7-15(2)9-5-6-10(11(12)13)14-8-9/h5-6,8H,3-4,7H2,1-2H3,(H3,12,13). The molecule has 1 aromatic heterocycles. The molecular weight excluding hydrogens is 188 g/mol. The van der Waals surface area contributed by atoms with Crippen LogP contribution < -0.4 is 10.6 Å². The van der Waals surface area contributed by atoms with E-state index in [0.717, 1.165) is 12.2 Å². The second kappa shape index (κ2) is 5.34. The van der Waals surface area contributed by atoms with Crippen LogP contribution in [0.2, 0.25) is 0 Å². The van der Waals surface area contributed by atoms with E-state index in [0.29, 0.717) is 5.69 Å². The van der Waals surface area contributed by atoms with Crippen molar-refractivity contribution in [1.82, 2.24) is 4.98 Å². The predicted octanol–water partition coefficient (Wildman–Crippen LogP) is 1.60. The fourth-order valence-corrected chi connectivity index (χ4v) is 1.30. The molecule has 4 nitrogen and oxygen atoms in total. The molecule has 0 spiro atoms. The summed E-state index contributed by atoms with van der Waals surface area (Å²) in [6, 6.07) is 3.72. The van der Waals surface area contributed by atoms with Gasteiger partial charge in [0.05, 0.1) is 11.9 Å². The van der Waals surface area contributed by atoms with Gasteiger partial charge in [-0.3, -0.25) is 10.4 Å². The van der Waals surface area contributed by atoms with E-state index >= 15 is 0 Å². The van der Waals surface area contributed by atoms with Crippen molar-refractivity contribution in [3.8, 4) is 0 Å². The molecule has 0 bridgehead atoms. The number of rotatable bonds is 5. The Morgan fingerprint density at radius 1 is 1.53 bits per heavy atom. The number of nitrogen functional groups attached to an aromatic ring is 1. The van der Waals surface area contributed by atoms with Crippen LogP contribution in [0, 0.1) is 5.41 Å². The van der Waals surface area contributed by atoms with E-state index in [1.54, 1.807) is 12.3 Å². The summed E-state index contributed by atoms with van der Waals surface area (Å²) in [6.45, 7) is 3.20. The second-order valence-electron chi connectivity index (χ2n) is 3.59. The van der Waals surface area contributed by atoms with Crippen molar-refractivity contribution in [2.75, 3.05) is 18.5 Å². The molecule has 0 saturated carbocycles. The van der Waals surface area contributed by atoms with Crippen LogP contribution in [0.15, 0.2) is 18.3 Å². The van der Waals surface area contributed by atoms with E-state index in [9.17, 15) is 0 Å². The molecule has 0 radical (unpaired) electrons. The van der Waals surface area contributed by atoms with Crippen molar-refractivity contribution in [1.29, 1.82) is 5.41 Å². The molecular formula is C11H18N4. The molecule has 0 amide bonds. The lowest BCUT2D eigenvalue weighted by Gasteiger charge is -2.18. The molecule has 3 N–H and O–H groups in total. The van der Waals surface area contributed by atoms with Crippen molar-refractivity contribution in [2.24, 2.45) is 5.73 Å². The Kier molecular flexibility index (Phi) is 4.09. The van der Waals surface area contributed by atoms with Crippen LogP contribution in [0.1, 0.15) is 25.5 Å². The van der Waals surface area contributed by atoms with Gasteiger partial charge in [0.1, 0.15) is 11.5 Å². The lowest BCUT2D eigenvalue weighted by molar-refractivity contribution is 0.765. The Morgan fingerprint density at radius 3 is 2.73 bits per heavy atom. The first-order valence-corrected chi connectivity index (χ1v) is 5.16. The molecule has 0 aromatic carbocycles. The molecule has 15 heavy (non-hydrogen) atoms. The highest BCUT2D eigenvalue weighted by atomic mass is 15.1. The van der Waals surface area contributed by atoms with Crippen LogP contribution in [0.3, 0.4) is 0 Å². The van der Waals surface area contributed by atoms with Crippen LogP contribution >= 0.6 is 0 Å². The molecule has 0 unspecified atom stereocenters. The number of amidine groups is 1. The molecule has 0 aliphatic rings. The fraction of sp³-hybridized carbons (Fsp3) is 0.455. The first-order chi connectivity index (χ1) is 7.15. The summed E-state index contributed by atoms with van der Waals surface area (Å²) < 4.78 is 0. The lowest BCUT2D eigenvalue weighted by Crippen LogP contribution is -2.19. The Labute approximate surface area is 90.6 Å². The third-order valence-corrected chi connectivity index (χ3v) is 2.31. The van der Waals surface area contributed by atoms with Gasteiger partial charge in [-0.1, -0.05) is 13.3 Å². The van der Waals surface area contributed by atoms with Crippen molar-refractivity contribution < 1.29 is 0 Å². The van der Waals surface area contributed by atoms with E-state index in [1.165, 1.54) is 12.8 Å². The fourth-order valence-electron chi connectivity index (χ4n) is 1.30. The summed E-state index contributed by atoms with van der Waals surface area (Å²) in [6.07, 6.45) is 4.11. The predicted molar refractivity (Wildman–Crippen MR) is 63.4 cm³/mol. The second-order valence-corrected chi connectivity index (χ2v) is 3.59. The maximum atomic E-state index is 7.23.